The SMILES string of the molecule is FC(F)(F)c1ccc(NC(C2CC2)n2nnc3ccccc32)cc1. The summed E-state index contributed by atoms with van der Waals surface area (Å²) in [5.41, 5.74) is 1.70. The van der Waals surface area contributed by atoms with E-state index in [1.807, 2.05) is 28.9 Å². The highest BCUT2D eigenvalue weighted by atomic mass is 19.4. The number of fused-ring (bicyclic) bond motifs is 1. The number of para-hydroxylation sites is 1. The van der Waals surface area contributed by atoms with Gasteiger partial charge in [0.2, 0.25) is 0 Å². The highest BCUT2D eigenvalue weighted by molar-refractivity contribution is 5.74. The van der Waals surface area contributed by atoms with Crippen LogP contribution in [0.4, 0.5) is 18.9 Å². The Morgan fingerprint density at radius 2 is 1.75 bits per heavy atom. The van der Waals surface area contributed by atoms with E-state index in [1.165, 1.54) is 12.1 Å². The molecule has 1 aliphatic rings. The number of hydrogen-bond donors (Lipinski definition) is 1. The molecule has 1 fully saturated rings. The highest BCUT2D eigenvalue weighted by Crippen LogP contribution is 2.41. The number of halogens is 3. The second-order valence-corrected chi connectivity index (χ2v) is 6.02. The summed E-state index contributed by atoms with van der Waals surface area (Å²) in [5, 5.41) is 11.7. The van der Waals surface area contributed by atoms with Crippen molar-refractivity contribution in [3.63, 3.8) is 0 Å². The summed E-state index contributed by atoms with van der Waals surface area (Å²) in [6.45, 7) is 0. The molecule has 1 heterocycles. The Hall–Kier alpha value is -2.57. The molecular formula is C17H15F3N4. The number of benzene rings is 2. The van der Waals surface area contributed by atoms with E-state index in [1.54, 1.807) is 0 Å². The van der Waals surface area contributed by atoms with Crippen molar-refractivity contribution in [1.29, 1.82) is 0 Å². The van der Waals surface area contributed by atoms with Crippen LogP contribution in [0, 0.1) is 5.92 Å². The summed E-state index contributed by atoms with van der Waals surface area (Å²) in [6, 6.07) is 12.7. The van der Waals surface area contributed by atoms with Gasteiger partial charge in [-0.1, -0.05) is 17.3 Å². The molecule has 7 heteroatoms. The molecule has 3 aromatic rings. The molecule has 0 bridgehead atoms. The highest BCUT2D eigenvalue weighted by Gasteiger charge is 2.34. The van der Waals surface area contributed by atoms with Crippen LogP contribution in [0.15, 0.2) is 48.5 Å². The summed E-state index contributed by atoms with van der Waals surface area (Å²) in [4.78, 5) is 0. The van der Waals surface area contributed by atoms with Crippen LogP contribution < -0.4 is 5.32 Å². The third-order valence-electron chi connectivity index (χ3n) is 4.24. The van der Waals surface area contributed by atoms with E-state index in [4.69, 9.17) is 0 Å². The smallest absolute Gasteiger partial charge is 0.363 e. The van der Waals surface area contributed by atoms with Crippen molar-refractivity contribution in [2.24, 2.45) is 5.92 Å². The zero-order chi connectivity index (χ0) is 16.7. The largest absolute Gasteiger partial charge is 0.416 e. The lowest BCUT2D eigenvalue weighted by atomic mass is 10.2. The lowest BCUT2D eigenvalue weighted by molar-refractivity contribution is -0.137. The Morgan fingerprint density at radius 1 is 1.04 bits per heavy atom. The van der Waals surface area contributed by atoms with Gasteiger partial charge in [-0.3, -0.25) is 0 Å². The molecule has 0 saturated heterocycles. The maximum Gasteiger partial charge on any atom is 0.416 e. The first-order chi connectivity index (χ1) is 11.5. The van der Waals surface area contributed by atoms with Crippen LogP contribution in [0.25, 0.3) is 11.0 Å². The van der Waals surface area contributed by atoms with Crippen LogP contribution in [-0.2, 0) is 6.18 Å². The first-order valence-corrected chi connectivity index (χ1v) is 7.76. The Bertz CT molecular complexity index is 850. The molecule has 1 atom stereocenters. The van der Waals surface area contributed by atoms with Gasteiger partial charge in [0.1, 0.15) is 11.7 Å². The van der Waals surface area contributed by atoms with Gasteiger partial charge in [0.05, 0.1) is 11.1 Å². The van der Waals surface area contributed by atoms with Crippen molar-refractivity contribution in [3.05, 3.63) is 54.1 Å². The molecular weight excluding hydrogens is 317 g/mol. The average Bonchev–Trinajstić information content (AvgIpc) is 3.32. The van der Waals surface area contributed by atoms with E-state index >= 15 is 0 Å². The molecule has 0 radical (unpaired) electrons. The van der Waals surface area contributed by atoms with Crippen molar-refractivity contribution in [3.8, 4) is 0 Å². The maximum atomic E-state index is 12.7. The van der Waals surface area contributed by atoms with Crippen molar-refractivity contribution in [2.75, 3.05) is 5.32 Å². The van der Waals surface area contributed by atoms with E-state index in [9.17, 15) is 13.2 Å². The Labute approximate surface area is 136 Å². The van der Waals surface area contributed by atoms with Gasteiger partial charge >= 0.3 is 6.18 Å². The molecule has 4 nitrogen and oxygen atoms in total. The number of alkyl halides is 3. The third-order valence-corrected chi connectivity index (χ3v) is 4.24. The number of aromatic nitrogens is 3. The minimum absolute atomic E-state index is 0.117. The van der Waals surface area contributed by atoms with Crippen LogP contribution in [0.5, 0.6) is 0 Å². The number of rotatable bonds is 4. The van der Waals surface area contributed by atoms with Gasteiger partial charge in [0, 0.05) is 5.69 Å². The van der Waals surface area contributed by atoms with Gasteiger partial charge in [-0.2, -0.15) is 13.2 Å². The fourth-order valence-corrected chi connectivity index (χ4v) is 2.81. The number of nitrogens with zero attached hydrogens (tertiary/aromatic N) is 3. The van der Waals surface area contributed by atoms with Crippen LogP contribution in [-0.4, -0.2) is 15.0 Å². The summed E-state index contributed by atoms with van der Waals surface area (Å²) in [7, 11) is 0. The zero-order valence-corrected chi connectivity index (χ0v) is 12.7. The van der Waals surface area contributed by atoms with E-state index in [-0.39, 0.29) is 6.17 Å². The predicted molar refractivity (Wildman–Crippen MR) is 84.4 cm³/mol. The van der Waals surface area contributed by atoms with Crippen molar-refractivity contribution in [1.82, 2.24) is 15.0 Å². The minimum Gasteiger partial charge on any atom is -0.363 e. The number of hydrogen-bond acceptors (Lipinski definition) is 3. The summed E-state index contributed by atoms with van der Waals surface area (Å²) in [6.07, 6.45) is -2.32. The fourth-order valence-electron chi connectivity index (χ4n) is 2.81. The zero-order valence-electron chi connectivity index (χ0n) is 12.7. The van der Waals surface area contributed by atoms with E-state index in [2.05, 4.69) is 15.6 Å². The summed E-state index contributed by atoms with van der Waals surface area (Å²) in [5.74, 6) is 0.400. The van der Waals surface area contributed by atoms with E-state index in [0.29, 0.717) is 11.6 Å². The topological polar surface area (TPSA) is 42.7 Å². The van der Waals surface area contributed by atoms with E-state index < -0.39 is 11.7 Å². The third kappa shape index (κ3) is 2.81. The molecule has 2 aromatic carbocycles. The van der Waals surface area contributed by atoms with Gasteiger partial charge in [-0.05, 0) is 55.2 Å². The molecule has 1 aliphatic carbocycles. The lowest BCUT2D eigenvalue weighted by Gasteiger charge is -2.20. The van der Waals surface area contributed by atoms with Gasteiger partial charge in [0.15, 0.2) is 0 Å². The van der Waals surface area contributed by atoms with Gasteiger partial charge in [0.25, 0.3) is 0 Å². The van der Waals surface area contributed by atoms with E-state index in [0.717, 1.165) is 36.0 Å². The second kappa shape index (κ2) is 5.51. The molecule has 0 amide bonds. The molecule has 4 rings (SSSR count). The average molecular weight is 332 g/mol. The van der Waals surface area contributed by atoms with Crippen LogP contribution in [0.3, 0.4) is 0 Å². The second-order valence-electron chi connectivity index (χ2n) is 6.02. The summed E-state index contributed by atoms with van der Waals surface area (Å²) < 4.78 is 39.9. The van der Waals surface area contributed by atoms with Gasteiger partial charge < -0.3 is 5.32 Å². The fraction of sp³-hybridized carbons (Fsp3) is 0.294. The minimum atomic E-state index is -4.32. The predicted octanol–water partition coefficient (Wildman–Crippen LogP) is 4.47. The van der Waals surface area contributed by atoms with Gasteiger partial charge in [-0.25, -0.2) is 4.68 Å². The maximum absolute atomic E-state index is 12.7. The van der Waals surface area contributed by atoms with Crippen molar-refractivity contribution in [2.45, 2.75) is 25.2 Å². The lowest BCUT2D eigenvalue weighted by Crippen LogP contribution is -2.21. The molecule has 1 aromatic heterocycles. The number of anilines is 1. The molecule has 24 heavy (non-hydrogen) atoms. The quantitative estimate of drug-likeness (QED) is 0.766. The molecule has 1 saturated carbocycles. The Kier molecular flexibility index (Phi) is 3.44. The molecule has 1 unspecified atom stereocenters. The van der Waals surface area contributed by atoms with Crippen molar-refractivity contribution >= 4 is 16.7 Å². The molecule has 1 N–H and O–H groups in total. The van der Waals surface area contributed by atoms with Crippen molar-refractivity contribution < 1.29 is 13.2 Å². The number of nitrogens with one attached hydrogen (secondary N) is 1. The first kappa shape index (κ1) is 15.0. The molecule has 124 valence electrons. The Balaban J connectivity index is 1.63. The van der Waals surface area contributed by atoms with Crippen LogP contribution in [0.2, 0.25) is 0 Å². The monoisotopic (exact) mass is 332 g/mol. The molecule has 0 spiro atoms. The normalized spacial score (nSPS) is 16.3. The van der Waals surface area contributed by atoms with Crippen LogP contribution in [0.1, 0.15) is 24.6 Å². The molecule has 0 aliphatic heterocycles. The Morgan fingerprint density at radius 3 is 2.42 bits per heavy atom. The van der Waals surface area contributed by atoms with Crippen LogP contribution >= 0.6 is 0 Å². The standard InChI is InChI=1S/C17H15F3N4/c18-17(19,20)12-7-9-13(10-8-12)21-16(11-5-6-11)24-15-4-2-1-3-14(15)22-23-24/h1-4,7-11,16,21H,5-6H2. The van der Waals surface area contributed by atoms with Gasteiger partial charge in [-0.15, -0.1) is 5.10 Å². The first-order valence-electron chi connectivity index (χ1n) is 7.76. The summed E-state index contributed by atoms with van der Waals surface area (Å²) >= 11 is 0.